The van der Waals surface area contributed by atoms with Gasteiger partial charge in [0, 0.05) is 11.6 Å². The van der Waals surface area contributed by atoms with Crippen molar-refractivity contribution in [2.45, 2.75) is 33.3 Å². The first-order chi connectivity index (χ1) is 10.0. The van der Waals surface area contributed by atoms with Gasteiger partial charge < -0.3 is 9.47 Å². The minimum atomic E-state index is -0.313. The number of benzene rings is 2. The average molecular weight is 288 g/mol. The Morgan fingerprint density at radius 1 is 1.10 bits per heavy atom. The number of hydrogen-bond acceptors (Lipinski definition) is 2. The van der Waals surface area contributed by atoms with Crippen molar-refractivity contribution in [2.75, 3.05) is 7.11 Å². The molecule has 0 radical (unpaired) electrons. The summed E-state index contributed by atoms with van der Waals surface area (Å²) in [4.78, 5) is 0. The van der Waals surface area contributed by atoms with Gasteiger partial charge in [-0.25, -0.2) is 4.39 Å². The summed E-state index contributed by atoms with van der Waals surface area (Å²) in [6, 6.07) is 11.0. The fourth-order valence-electron chi connectivity index (χ4n) is 2.06. The maximum atomic E-state index is 13.9. The Balaban J connectivity index is 2.14. The van der Waals surface area contributed by atoms with E-state index in [1.165, 1.54) is 18.7 Å². The van der Waals surface area contributed by atoms with Gasteiger partial charge in [0.25, 0.3) is 0 Å². The predicted octanol–water partition coefficient (Wildman–Crippen LogP) is 4.85. The number of hydrogen-bond donors (Lipinski definition) is 0. The van der Waals surface area contributed by atoms with E-state index in [1.807, 2.05) is 19.1 Å². The van der Waals surface area contributed by atoms with Crippen molar-refractivity contribution < 1.29 is 13.9 Å². The van der Waals surface area contributed by atoms with Crippen LogP contribution in [0.15, 0.2) is 36.4 Å². The molecule has 0 fully saturated rings. The van der Waals surface area contributed by atoms with Crippen LogP contribution in [0.3, 0.4) is 0 Å². The van der Waals surface area contributed by atoms with E-state index in [9.17, 15) is 4.39 Å². The van der Waals surface area contributed by atoms with Gasteiger partial charge in [-0.1, -0.05) is 26.0 Å². The highest BCUT2D eigenvalue weighted by Crippen LogP contribution is 2.25. The predicted molar refractivity (Wildman–Crippen MR) is 82.6 cm³/mol. The first-order valence-electron chi connectivity index (χ1n) is 7.07. The molecule has 0 heterocycles. The number of rotatable bonds is 5. The minimum Gasteiger partial charge on any atom is -0.497 e. The number of aryl methyl sites for hydroxylation is 1. The Morgan fingerprint density at radius 3 is 2.48 bits per heavy atom. The Bertz CT molecular complexity index is 621. The van der Waals surface area contributed by atoms with Gasteiger partial charge in [-0.15, -0.1) is 0 Å². The van der Waals surface area contributed by atoms with Gasteiger partial charge in [0.2, 0.25) is 0 Å². The highest BCUT2D eigenvalue weighted by molar-refractivity contribution is 5.38. The van der Waals surface area contributed by atoms with Crippen LogP contribution in [-0.2, 0) is 6.61 Å². The lowest BCUT2D eigenvalue weighted by Crippen LogP contribution is -2.01. The van der Waals surface area contributed by atoms with Crippen molar-refractivity contribution in [1.29, 1.82) is 0 Å². The van der Waals surface area contributed by atoms with Crippen LogP contribution >= 0.6 is 0 Å². The number of halogens is 1. The summed E-state index contributed by atoms with van der Waals surface area (Å²) in [6.07, 6.45) is 0. The van der Waals surface area contributed by atoms with Crippen molar-refractivity contribution in [1.82, 2.24) is 0 Å². The van der Waals surface area contributed by atoms with Crippen LogP contribution in [0.5, 0.6) is 11.5 Å². The lowest BCUT2D eigenvalue weighted by atomic mass is 10.0. The zero-order chi connectivity index (χ0) is 15.4. The third-order valence-corrected chi connectivity index (χ3v) is 3.52. The molecule has 0 aliphatic carbocycles. The van der Waals surface area contributed by atoms with Crippen LogP contribution in [0.1, 0.15) is 36.5 Å². The normalized spacial score (nSPS) is 10.8. The first-order valence-corrected chi connectivity index (χ1v) is 7.07. The van der Waals surface area contributed by atoms with Gasteiger partial charge in [0.15, 0.2) is 0 Å². The highest BCUT2D eigenvalue weighted by Gasteiger charge is 2.08. The summed E-state index contributed by atoms with van der Waals surface area (Å²) >= 11 is 0. The van der Waals surface area contributed by atoms with E-state index in [1.54, 1.807) is 12.1 Å². The van der Waals surface area contributed by atoms with Crippen molar-refractivity contribution >= 4 is 0 Å². The third kappa shape index (κ3) is 3.75. The Kier molecular flexibility index (Phi) is 4.84. The molecular weight excluding hydrogens is 267 g/mol. The molecule has 3 heteroatoms. The van der Waals surface area contributed by atoms with E-state index in [0.29, 0.717) is 17.2 Å². The summed E-state index contributed by atoms with van der Waals surface area (Å²) in [5.74, 6) is 1.43. The molecule has 0 unspecified atom stereocenters. The van der Waals surface area contributed by atoms with Crippen molar-refractivity contribution in [3.05, 3.63) is 58.9 Å². The molecule has 2 aromatic carbocycles. The van der Waals surface area contributed by atoms with Crippen LogP contribution in [0.4, 0.5) is 4.39 Å². The van der Waals surface area contributed by atoms with E-state index in [0.717, 1.165) is 11.3 Å². The molecule has 0 aliphatic heterocycles. The van der Waals surface area contributed by atoms with E-state index in [-0.39, 0.29) is 12.4 Å². The second-order valence-electron chi connectivity index (χ2n) is 5.43. The smallest absolute Gasteiger partial charge is 0.133 e. The molecule has 0 saturated heterocycles. The van der Waals surface area contributed by atoms with Crippen molar-refractivity contribution in [3.8, 4) is 11.5 Å². The van der Waals surface area contributed by atoms with Gasteiger partial charge in [0.1, 0.15) is 23.9 Å². The van der Waals surface area contributed by atoms with E-state index in [4.69, 9.17) is 9.47 Å². The molecule has 0 atom stereocenters. The molecule has 21 heavy (non-hydrogen) atoms. The lowest BCUT2D eigenvalue weighted by molar-refractivity contribution is 0.297. The van der Waals surface area contributed by atoms with E-state index in [2.05, 4.69) is 19.9 Å². The molecular formula is C18H21FO2. The fraction of sp³-hybridized carbons (Fsp3) is 0.333. The van der Waals surface area contributed by atoms with Crippen LogP contribution in [0.25, 0.3) is 0 Å². The number of ether oxygens (including phenoxy) is 2. The van der Waals surface area contributed by atoms with Crippen LogP contribution in [0, 0.1) is 12.7 Å². The van der Waals surface area contributed by atoms with Crippen molar-refractivity contribution in [3.63, 3.8) is 0 Å². The third-order valence-electron chi connectivity index (χ3n) is 3.52. The van der Waals surface area contributed by atoms with Gasteiger partial charge in [0.05, 0.1) is 7.11 Å². The molecule has 0 N–H and O–H groups in total. The minimum absolute atomic E-state index is 0.207. The SMILES string of the molecule is COc1ccc(COc2cc(C(C)C)ccc2C)c(F)c1. The quantitative estimate of drug-likeness (QED) is 0.783. The summed E-state index contributed by atoms with van der Waals surface area (Å²) in [7, 11) is 1.52. The van der Waals surface area contributed by atoms with Gasteiger partial charge >= 0.3 is 0 Å². The molecule has 0 aliphatic rings. The lowest BCUT2D eigenvalue weighted by Gasteiger charge is -2.13. The van der Waals surface area contributed by atoms with E-state index >= 15 is 0 Å². The van der Waals surface area contributed by atoms with Crippen LogP contribution in [0.2, 0.25) is 0 Å². The van der Waals surface area contributed by atoms with E-state index < -0.39 is 0 Å². The Morgan fingerprint density at radius 2 is 1.86 bits per heavy atom. The second kappa shape index (κ2) is 6.61. The van der Waals surface area contributed by atoms with Gasteiger partial charge in [-0.3, -0.25) is 0 Å². The fourth-order valence-corrected chi connectivity index (χ4v) is 2.06. The Hall–Kier alpha value is -2.03. The van der Waals surface area contributed by atoms with Gasteiger partial charge in [-0.05, 0) is 42.2 Å². The molecule has 112 valence electrons. The highest BCUT2D eigenvalue weighted by atomic mass is 19.1. The summed E-state index contributed by atoms with van der Waals surface area (Å²) in [5.41, 5.74) is 2.78. The average Bonchev–Trinajstić information content (AvgIpc) is 2.47. The zero-order valence-corrected chi connectivity index (χ0v) is 12.9. The molecule has 0 spiro atoms. The monoisotopic (exact) mass is 288 g/mol. The van der Waals surface area contributed by atoms with Crippen molar-refractivity contribution in [2.24, 2.45) is 0 Å². The largest absolute Gasteiger partial charge is 0.497 e. The van der Waals surface area contributed by atoms with Crippen LogP contribution in [-0.4, -0.2) is 7.11 Å². The number of methoxy groups -OCH3 is 1. The molecule has 0 aromatic heterocycles. The second-order valence-corrected chi connectivity index (χ2v) is 5.43. The van der Waals surface area contributed by atoms with Gasteiger partial charge in [-0.2, -0.15) is 0 Å². The topological polar surface area (TPSA) is 18.5 Å². The molecule has 0 amide bonds. The molecule has 2 rings (SSSR count). The van der Waals surface area contributed by atoms with Crippen LogP contribution < -0.4 is 9.47 Å². The summed E-state index contributed by atoms with van der Waals surface area (Å²) in [5, 5.41) is 0. The zero-order valence-electron chi connectivity index (χ0n) is 12.9. The first kappa shape index (κ1) is 15.4. The molecule has 0 saturated carbocycles. The Labute approximate surface area is 125 Å². The molecule has 2 nitrogen and oxygen atoms in total. The molecule has 2 aromatic rings. The summed E-state index contributed by atoms with van der Waals surface area (Å²) < 4.78 is 24.7. The molecule has 0 bridgehead atoms. The summed E-state index contributed by atoms with van der Waals surface area (Å²) in [6.45, 7) is 6.47. The maximum absolute atomic E-state index is 13.9. The standard InChI is InChI=1S/C18H21FO2/c1-12(2)14-6-5-13(3)18(9-14)21-11-15-7-8-16(20-4)10-17(15)19/h5-10,12H,11H2,1-4H3. The maximum Gasteiger partial charge on any atom is 0.133 e.